The van der Waals surface area contributed by atoms with Crippen LogP contribution in [-0.2, 0) is 0 Å². The summed E-state index contributed by atoms with van der Waals surface area (Å²) in [5.74, 6) is 0. The van der Waals surface area contributed by atoms with Crippen molar-refractivity contribution in [1.29, 1.82) is 0 Å². The van der Waals surface area contributed by atoms with E-state index >= 15 is 0 Å². The maximum Gasteiger partial charge on any atom is 0.136 e. The standard InChI is InChI=1S/C62H39NOS/c1-2-18-40(19-3-1)41-20-14-22-43(38-41)59-50-28-6-4-24-46(50)47-25-5-7-29-51(47)61(59)63(44-23-15-21-42(39-44)45-31-17-36-57-60(45)54-30-9-12-35-56(54)64-57)55-34-11-8-26-48(55)52-32-16-33-53-49-27-10-13-37-58(49)65-62(52)53/h1-39H. The van der Waals surface area contributed by atoms with Crippen LogP contribution in [0.4, 0.5) is 17.1 Å². The first-order chi connectivity index (χ1) is 32.3. The van der Waals surface area contributed by atoms with Gasteiger partial charge in [-0.05, 0) is 86.4 Å². The number of rotatable bonds is 7. The van der Waals surface area contributed by atoms with Crippen LogP contribution < -0.4 is 4.90 Å². The number of nitrogens with zero attached hydrogens (tertiary/aromatic N) is 1. The Bertz CT molecular complexity index is 3970. The molecule has 0 N–H and O–H groups in total. The molecule has 0 amide bonds. The summed E-state index contributed by atoms with van der Waals surface area (Å²) in [6, 6.07) is 86.2. The molecular weight excluding hydrogens is 807 g/mol. The molecule has 65 heavy (non-hydrogen) atoms. The van der Waals surface area contributed by atoms with Gasteiger partial charge < -0.3 is 9.32 Å². The summed E-state index contributed by atoms with van der Waals surface area (Å²) in [6.07, 6.45) is 0. The molecule has 0 aliphatic heterocycles. The van der Waals surface area contributed by atoms with E-state index in [-0.39, 0.29) is 0 Å². The Kier molecular flexibility index (Phi) is 8.75. The first-order valence-electron chi connectivity index (χ1n) is 22.2. The van der Waals surface area contributed by atoms with Gasteiger partial charge in [-0.2, -0.15) is 0 Å². The minimum absolute atomic E-state index is 0.883. The first kappa shape index (κ1) is 37.3. The van der Waals surface area contributed by atoms with Crippen molar-refractivity contribution in [3.05, 3.63) is 237 Å². The topological polar surface area (TPSA) is 16.4 Å². The van der Waals surface area contributed by atoms with Crippen molar-refractivity contribution in [3.63, 3.8) is 0 Å². The second kappa shape index (κ2) is 15.2. The third-order valence-corrected chi connectivity index (χ3v) is 14.3. The molecule has 13 rings (SSSR count). The molecule has 2 heterocycles. The Balaban J connectivity index is 1.15. The highest BCUT2D eigenvalue weighted by molar-refractivity contribution is 7.26. The summed E-state index contributed by atoms with van der Waals surface area (Å²) in [7, 11) is 0. The molecule has 11 aromatic carbocycles. The van der Waals surface area contributed by atoms with Crippen LogP contribution in [0, 0.1) is 0 Å². The largest absolute Gasteiger partial charge is 0.456 e. The number of anilines is 3. The van der Waals surface area contributed by atoms with Gasteiger partial charge in [-0.1, -0.05) is 194 Å². The third kappa shape index (κ3) is 6.08. The zero-order valence-corrected chi connectivity index (χ0v) is 36.1. The number of hydrogen-bond acceptors (Lipinski definition) is 3. The molecule has 0 saturated heterocycles. The van der Waals surface area contributed by atoms with Crippen molar-refractivity contribution in [2.45, 2.75) is 0 Å². The summed E-state index contributed by atoms with van der Waals surface area (Å²) in [5, 5.41) is 9.62. The SMILES string of the molecule is c1ccc(-c2cccc(-c3c(N(c4cccc(-c5cccc6oc7ccccc7c56)c4)c4ccccc4-c4cccc5c4sc4ccccc45)c4ccccc4c4ccccc34)c2)cc1. The van der Waals surface area contributed by atoms with Gasteiger partial charge in [0, 0.05) is 58.7 Å². The summed E-state index contributed by atoms with van der Waals surface area (Å²) in [6.45, 7) is 0. The lowest BCUT2D eigenvalue weighted by Crippen LogP contribution is -2.13. The van der Waals surface area contributed by atoms with Crippen LogP contribution in [0.5, 0.6) is 0 Å². The zero-order valence-electron chi connectivity index (χ0n) is 35.3. The maximum atomic E-state index is 6.44. The van der Waals surface area contributed by atoms with E-state index in [0.717, 1.165) is 55.7 Å². The first-order valence-corrected chi connectivity index (χ1v) is 23.0. The van der Waals surface area contributed by atoms with Gasteiger partial charge in [0.2, 0.25) is 0 Å². The summed E-state index contributed by atoms with van der Waals surface area (Å²) < 4.78 is 9.01. The minimum Gasteiger partial charge on any atom is -0.456 e. The van der Waals surface area contributed by atoms with E-state index in [1.54, 1.807) is 0 Å². The van der Waals surface area contributed by atoms with Crippen molar-refractivity contribution in [1.82, 2.24) is 0 Å². The Morgan fingerprint density at radius 1 is 0.338 bits per heavy atom. The second-order valence-electron chi connectivity index (χ2n) is 16.7. The molecule has 0 bridgehead atoms. The van der Waals surface area contributed by atoms with E-state index in [1.807, 2.05) is 17.4 Å². The molecule has 0 fully saturated rings. The fraction of sp³-hybridized carbons (Fsp3) is 0. The molecule has 13 aromatic rings. The number of thiophene rings is 1. The lowest BCUT2D eigenvalue weighted by molar-refractivity contribution is 0.669. The quantitative estimate of drug-likeness (QED) is 0.149. The van der Waals surface area contributed by atoms with Crippen molar-refractivity contribution >= 4 is 92.1 Å². The minimum atomic E-state index is 0.883. The number of furan rings is 1. The van der Waals surface area contributed by atoms with Crippen LogP contribution in [0.2, 0.25) is 0 Å². The summed E-state index contributed by atoms with van der Waals surface area (Å²) >= 11 is 1.87. The van der Waals surface area contributed by atoms with Crippen LogP contribution in [0.3, 0.4) is 0 Å². The van der Waals surface area contributed by atoms with Gasteiger partial charge in [0.1, 0.15) is 11.2 Å². The van der Waals surface area contributed by atoms with Crippen LogP contribution >= 0.6 is 11.3 Å². The third-order valence-electron chi connectivity index (χ3n) is 13.0. The molecule has 3 heteroatoms. The monoisotopic (exact) mass is 845 g/mol. The van der Waals surface area contributed by atoms with Crippen LogP contribution in [0.15, 0.2) is 241 Å². The summed E-state index contributed by atoms with van der Waals surface area (Å²) in [4.78, 5) is 2.55. The van der Waals surface area contributed by atoms with E-state index in [0.29, 0.717) is 0 Å². The number of fused-ring (bicyclic) bond motifs is 9. The molecule has 0 spiro atoms. The van der Waals surface area contributed by atoms with Crippen LogP contribution in [-0.4, -0.2) is 0 Å². The molecule has 304 valence electrons. The van der Waals surface area contributed by atoms with E-state index in [2.05, 4.69) is 235 Å². The average Bonchev–Trinajstić information content (AvgIpc) is 3.96. The fourth-order valence-corrected chi connectivity index (χ4v) is 11.4. The Morgan fingerprint density at radius 2 is 0.908 bits per heavy atom. The molecule has 0 unspecified atom stereocenters. The van der Waals surface area contributed by atoms with Gasteiger partial charge in [-0.25, -0.2) is 0 Å². The Morgan fingerprint density at radius 3 is 1.78 bits per heavy atom. The zero-order chi connectivity index (χ0) is 42.8. The van der Waals surface area contributed by atoms with Crippen LogP contribution in [0.1, 0.15) is 0 Å². The normalized spacial score (nSPS) is 11.7. The molecule has 2 aromatic heterocycles. The second-order valence-corrected chi connectivity index (χ2v) is 17.8. The highest BCUT2D eigenvalue weighted by atomic mass is 32.1. The van der Waals surface area contributed by atoms with Gasteiger partial charge in [0.05, 0.1) is 11.4 Å². The molecule has 0 aliphatic rings. The number of benzene rings is 11. The van der Waals surface area contributed by atoms with Crippen molar-refractivity contribution in [2.24, 2.45) is 0 Å². The van der Waals surface area contributed by atoms with E-state index in [9.17, 15) is 0 Å². The maximum absolute atomic E-state index is 6.44. The highest BCUT2D eigenvalue weighted by Gasteiger charge is 2.27. The summed E-state index contributed by atoms with van der Waals surface area (Å²) in [5.41, 5.74) is 14.4. The predicted molar refractivity (Wildman–Crippen MR) is 278 cm³/mol. The van der Waals surface area contributed by atoms with E-state index in [4.69, 9.17) is 4.42 Å². The van der Waals surface area contributed by atoms with Gasteiger partial charge >= 0.3 is 0 Å². The van der Waals surface area contributed by atoms with Gasteiger partial charge in [-0.3, -0.25) is 0 Å². The lowest BCUT2D eigenvalue weighted by atomic mass is 9.88. The van der Waals surface area contributed by atoms with Crippen molar-refractivity contribution < 1.29 is 4.42 Å². The van der Waals surface area contributed by atoms with Crippen LogP contribution in [0.25, 0.3) is 108 Å². The molecule has 0 aliphatic carbocycles. The molecular formula is C62H39NOS. The number of para-hydroxylation sites is 2. The molecule has 0 saturated carbocycles. The molecule has 0 radical (unpaired) electrons. The Hall–Kier alpha value is -8.24. The predicted octanol–water partition coefficient (Wildman–Crippen LogP) is 18.4. The number of hydrogen-bond donors (Lipinski definition) is 0. The molecule has 0 atom stereocenters. The Labute approximate surface area is 380 Å². The fourth-order valence-electron chi connectivity index (χ4n) is 10.2. The van der Waals surface area contributed by atoms with E-state index in [1.165, 1.54) is 69.5 Å². The van der Waals surface area contributed by atoms with Crippen molar-refractivity contribution in [3.8, 4) is 44.5 Å². The van der Waals surface area contributed by atoms with Crippen molar-refractivity contribution in [2.75, 3.05) is 4.90 Å². The van der Waals surface area contributed by atoms with E-state index < -0.39 is 0 Å². The average molecular weight is 846 g/mol. The van der Waals surface area contributed by atoms with Gasteiger partial charge in [0.15, 0.2) is 0 Å². The highest BCUT2D eigenvalue weighted by Crippen LogP contribution is 2.53. The van der Waals surface area contributed by atoms with Gasteiger partial charge in [-0.15, -0.1) is 11.3 Å². The lowest BCUT2D eigenvalue weighted by Gasteiger charge is -2.32. The smallest absolute Gasteiger partial charge is 0.136 e. The molecule has 2 nitrogen and oxygen atoms in total. The van der Waals surface area contributed by atoms with Gasteiger partial charge in [0.25, 0.3) is 0 Å².